The number of para-hydroxylation sites is 1. The lowest BCUT2D eigenvalue weighted by atomic mass is 9.73. The smallest absolute Gasteiger partial charge is 0.124 e. The summed E-state index contributed by atoms with van der Waals surface area (Å²) in [5, 5.41) is 3.79. The standard InChI is InChI=1S/C19H25NO2/c1-2-5-18-16(4-1)17(14-19(22-18)9-3-10-19)20-11-6-15-7-12-21-13-8-15/h1-2,4-5,7,17,20H,3,6,8-14H2/t17-/m1/s1. The minimum Gasteiger partial charge on any atom is -0.487 e. The van der Waals surface area contributed by atoms with Crippen molar-refractivity contribution in [3.8, 4) is 5.75 Å². The Morgan fingerprint density at radius 2 is 2.14 bits per heavy atom. The molecule has 1 atom stereocenters. The van der Waals surface area contributed by atoms with Gasteiger partial charge in [0.1, 0.15) is 11.4 Å². The largest absolute Gasteiger partial charge is 0.487 e. The molecule has 1 N–H and O–H groups in total. The third-order valence-electron chi connectivity index (χ3n) is 5.36. The number of benzene rings is 1. The first-order valence-electron chi connectivity index (χ1n) is 8.62. The van der Waals surface area contributed by atoms with Gasteiger partial charge in [0.2, 0.25) is 0 Å². The summed E-state index contributed by atoms with van der Waals surface area (Å²) < 4.78 is 11.7. The first kappa shape index (κ1) is 14.3. The normalized spacial score (nSPS) is 25.8. The fraction of sp³-hybridized carbons (Fsp3) is 0.579. The molecule has 1 fully saturated rings. The molecule has 1 aliphatic carbocycles. The maximum absolute atomic E-state index is 6.31. The van der Waals surface area contributed by atoms with Crippen molar-refractivity contribution in [1.29, 1.82) is 0 Å². The predicted octanol–water partition coefficient (Wildman–Crippen LogP) is 3.76. The van der Waals surface area contributed by atoms with Gasteiger partial charge in [0.25, 0.3) is 0 Å². The number of ether oxygens (including phenoxy) is 2. The summed E-state index contributed by atoms with van der Waals surface area (Å²) >= 11 is 0. The van der Waals surface area contributed by atoms with Gasteiger partial charge in [-0.25, -0.2) is 0 Å². The summed E-state index contributed by atoms with van der Waals surface area (Å²) in [6, 6.07) is 8.98. The van der Waals surface area contributed by atoms with E-state index in [1.165, 1.54) is 30.4 Å². The van der Waals surface area contributed by atoms with Crippen molar-refractivity contribution in [2.45, 2.75) is 50.2 Å². The van der Waals surface area contributed by atoms with Crippen molar-refractivity contribution >= 4 is 0 Å². The third kappa shape index (κ3) is 2.80. The van der Waals surface area contributed by atoms with Crippen LogP contribution in [-0.4, -0.2) is 25.4 Å². The average molecular weight is 299 g/mol. The number of hydrogen-bond donors (Lipinski definition) is 1. The molecule has 3 aliphatic rings. The topological polar surface area (TPSA) is 30.5 Å². The van der Waals surface area contributed by atoms with E-state index in [0.717, 1.165) is 44.8 Å². The van der Waals surface area contributed by atoms with E-state index in [1.54, 1.807) is 0 Å². The van der Waals surface area contributed by atoms with Gasteiger partial charge in [0, 0.05) is 18.0 Å². The van der Waals surface area contributed by atoms with E-state index in [1.807, 2.05) is 0 Å². The van der Waals surface area contributed by atoms with E-state index in [-0.39, 0.29) is 5.60 Å². The Bertz CT molecular complexity index is 562. The maximum atomic E-state index is 6.31. The molecule has 1 saturated carbocycles. The predicted molar refractivity (Wildman–Crippen MR) is 87.1 cm³/mol. The van der Waals surface area contributed by atoms with Crippen LogP contribution < -0.4 is 10.1 Å². The van der Waals surface area contributed by atoms with Gasteiger partial charge in [-0.1, -0.05) is 29.8 Å². The van der Waals surface area contributed by atoms with Gasteiger partial charge in [0.15, 0.2) is 0 Å². The van der Waals surface area contributed by atoms with Crippen LogP contribution in [0.4, 0.5) is 0 Å². The minimum atomic E-state index is 0.115. The number of rotatable bonds is 4. The summed E-state index contributed by atoms with van der Waals surface area (Å²) in [5.74, 6) is 1.09. The van der Waals surface area contributed by atoms with Crippen LogP contribution in [-0.2, 0) is 4.74 Å². The second-order valence-corrected chi connectivity index (χ2v) is 6.82. The lowest BCUT2D eigenvalue weighted by molar-refractivity contribution is -0.0368. The van der Waals surface area contributed by atoms with Crippen LogP contribution in [0.1, 0.15) is 50.1 Å². The first-order valence-corrected chi connectivity index (χ1v) is 8.62. The molecule has 3 heteroatoms. The van der Waals surface area contributed by atoms with E-state index >= 15 is 0 Å². The summed E-state index contributed by atoms with van der Waals surface area (Å²) in [6.07, 6.45) is 9.32. The average Bonchev–Trinajstić information content (AvgIpc) is 2.54. The van der Waals surface area contributed by atoms with E-state index in [0.29, 0.717) is 6.04 Å². The Kier molecular flexibility index (Phi) is 3.93. The van der Waals surface area contributed by atoms with E-state index in [2.05, 4.69) is 35.7 Å². The quantitative estimate of drug-likeness (QED) is 0.859. The highest BCUT2D eigenvalue weighted by Gasteiger charge is 2.45. The van der Waals surface area contributed by atoms with Crippen LogP contribution in [0.3, 0.4) is 0 Å². The Labute approximate surface area is 132 Å². The monoisotopic (exact) mass is 299 g/mol. The summed E-state index contributed by atoms with van der Waals surface area (Å²) in [4.78, 5) is 0. The molecule has 1 aromatic carbocycles. The lowest BCUT2D eigenvalue weighted by Gasteiger charge is -2.48. The number of nitrogens with one attached hydrogen (secondary N) is 1. The van der Waals surface area contributed by atoms with E-state index in [9.17, 15) is 0 Å². The van der Waals surface area contributed by atoms with Gasteiger partial charge in [-0.05, 0) is 44.7 Å². The second kappa shape index (κ2) is 6.05. The highest BCUT2D eigenvalue weighted by Crippen LogP contribution is 2.48. The molecule has 1 aromatic rings. The molecule has 0 unspecified atom stereocenters. The molecule has 0 aromatic heterocycles. The SMILES string of the molecule is C1=C(CCN[C@@H]2CC3(CCC3)Oc3ccccc32)CCOC1. The van der Waals surface area contributed by atoms with Crippen molar-refractivity contribution in [2.24, 2.45) is 0 Å². The molecule has 118 valence electrons. The molecule has 0 amide bonds. The van der Waals surface area contributed by atoms with Gasteiger partial charge in [-0.2, -0.15) is 0 Å². The molecule has 0 radical (unpaired) electrons. The van der Waals surface area contributed by atoms with Gasteiger partial charge < -0.3 is 14.8 Å². The lowest BCUT2D eigenvalue weighted by Crippen LogP contribution is -2.49. The van der Waals surface area contributed by atoms with Crippen LogP contribution in [0.15, 0.2) is 35.9 Å². The van der Waals surface area contributed by atoms with Crippen molar-refractivity contribution in [3.05, 3.63) is 41.5 Å². The summed E-state index contributed by atoms with van der Waals surface area (Å²) in [5.41, 5.74) is 2.99. The molecule has 22 heavy (non-hydrogen) atoms. The van der Waals surface area contributed by atoms with Crippen LogP contribution in [0, 0.1) is 0 Å². The first-order chi connectivity index (χ1) is 10.8. The van der Waals surface area contributed by atoms with Gasteiger partial charge in [-0.15, -0.1) is 0 Å². The number of fused-ring (bicyclic) bond motifs is 1. The molecule has 0 bridgehead atoms. The molecule has 3 nitrogen and oxygen atoms in total. The molecular formula is C19H25NO2. The molecule has 0 saturated heterocycles. The van der Waals surface area contributed by atoms with Crippen LogP contribution in [0.5, 0.6) is 5.75 Å². The minimum absolute atomic E-state index is 0.115. The highest BCUT2D eigenvalue weighted by molar-refractivity contribution is 5.39. The highest BCUT2D eigenvalue weighted by atomic mass is 16.5. The zero-order chi connectivity index (χ0) is 14.8. The number of hydrogen-bond acceptors (Lipinski definition) is 3. The Morgan fingerprint density at radius 3 is 2.91 bits per heavy atom. The molecule has 2 heterocycles. The summed E-state index contributed by atoms with van der Waals surface area (Å²) in [7, 11) is 0. The summed E-state index contributed by atoms with van der Waals surface area (Å²) in [6.45, 7) is 2.72. The molecule has 4 rings (SSSR count). The van der Waals surface area contributed by atoms with Crippen molar-refractivity contribution in [3.63, 3.8) is 0 Å². The van der Waals surface area contributed by atoms with Gasteiger partial charge >= 0.3 is 0 Å². The van der Waals surface area contributed by atoms with Gasteiger partial charge in [0.05, 0.1) is 13.2 Å². The molecular weight excluding hydrogens is 274 g/mol. The van der Waals surface area contributed by atoms with Crippen LogP contribution in [0.25, 0.3) is 0 Å². The Morgan fingerprint density at radius 1 is 1.23 bits per heavy atom. The van der Waals surface area contributed by atoms with Crippen LogP contribution in [0.2, 0.25) is 0 Å². The maximum Gasteiger partial charge on any atom is 0.124 e. The van der Waals surface area contributed by atoms with Crippen molar-refractivity contribution < 1.29 is 9.47 Å². The van der Waals surface area contributed by atoms with Crippen LogP contribution >= 0.6 is 0 Å². The zero-order valence-electron chi connectivity index (χ0n) is 13.1. The van der Waals surface area contributed by atoms with Crippen molar-refractivity contribution in [2.75, 3.05) is 19.8 Å². The zero-order valence-corrected chi connectivity index (χ0v) is 13.1. The Balaban J connectivity index is 1.42. The van der Waals surface area contributed by atoms with Crippen molar-refractivity contribution in [1.82, 2.24) is 5.32 Å². The molecule has 2 aliphatic heterocycles. The van der Waals surface area contributed by atoms with E-state index < -0.39 is 0 Å². The molecule has 1 spiro atoms. The fourth-order valence-electron chi connectivity index (χ4n) is 3.88. The fourth-order valence-corrected chi connectivity index (χ4v) is 3.88. The third-order valence-corrected chi connectivity index (χ3v) is 5.36. The second-order valence-electron chi connectivity index (χ2n) is 6.82. The van der Waals surface area contributed by atoms with E-state index in [4.69, 9.17) is 9.47 Å². The Hall–Kier alpha value is -1.32. The van der Waals surface area contributed by atoms with Gasteiger partial charge in [-0.3, -0.25) is 0 Å².